The summed E-state index contributed by atoms with van der Waals surface area (Å²) in [4.78, 5) is 54.1. The summed E-state index contributed by atoms with van der Waals surface area (Å²) < 4.78 is 16.8. The zero-order valence-corrected chi connectivity index (χ0v) is 26.0. The van der Waals surface area contributed by atoms with Gasteiger partial charge in [0.05, 0.1) is 24.7 Å². The fraction of sp³-hybridized carbons (Fsp3) is 0.250. The molecule has 234 valence electrons. The second kappa shape index (κ2) is 15.0. The molecule has 4 amide bonds. The Morgan fingerprint density at radius 1 is 0.933 bits per heavy atom. The molecule has 0 aliphatic carbocycles. The van der Waals surface area contributed by atoms with Gasteiger partial charge in [-0.25, -0.2) is 0 Å². The van der Waals surface area contributed by atoms with Gasteiger partial charge in [-0.1, -0.05) is 23.7 Å². The van der Waals surface area contributed by atoms with Crippen LogP contribution in [0.3, 0.4) is 0 Å². The number of ether oxygens (including phenoxy) is 3. The van der Waals surface area contributed by atoms with Crippen LogP contribution in [-0.2, 0) is 19.1 Å². The van der Waals surface area contributed by atoms with Crippen molar-refractivity contribution >= 4 is 69.5 Å². The van der Waals surface area contributed by atoms with Gasteiger partial charge in [0.25, 0.3) is 17.1 Å². The number of hydrogen-bond donors (Lipinski definition) is 2. The molecule has 13 heteroatoms. The first kappa shape index (κ1) is 31.9. The molecule has 0 atom stereocenters. The second-order valence-corrected chi connectivity index (χ2v) is 11.4. The van der Waals surface area contributed by atoms with E-state index in [0.717, 1.165) is 35.4 Å². The largest absolute Gasteiger partial charge is 0.490 e. The standard InChI is InChI=1S/C32H31ClN4O7S/c1-2-43-27-16-21(6-11-26(27)44-20-30(39)35-24-5-3-4-22(33)18-24)17-28-31(40)37(32(41)45-28)19-29(38)34-23-7-9-25(10-8-23)36-12-14-42-15-13-36/h3-11,16-18H,2,12-15,19-20H2,1H3,(H,34,38)(H,35,39)/b28-17+. The molecule has 2 fully saturated rings. The van der Waals surface area contributed by atoms with Crippen molar-refractivity contribution in [2.75, 3.05) is 61.6 Å². The minimum absolute atomic E-state index is 0.166. The molecule has 45 heavy (non-hydrogen) atoms. The van der Waals surface area contributed by atoms with Gasteiger partial charge in [0.2, 0.25) is 5.91 Å². The summed E-state index contributed by atoms with van der Waals surface area (Å²) in [6, 6.07) is 19.1. The number of halogens is 1. The molecule has 2 aliphatic heterocycles. The van der Waals surface area contributed by atoms with E-state index in [2.05, 4.69) is 15.5 Å². The highest BCUT2D eigenvalue weighted by atomic mass is 35.5. The first-order valence-corrected chi connectivity index (χ1v) is 15.4. The topological polar surface area (TPSA) is 127 Å². The van der Waals surface area contributed by atoms with E-state index < -0.39 is 23.6 Å². The molecule has 2 aliphatic rings. The quantitative estimate of drug-likeness (QED) is 0.267. The summed E-state index contributed by atoms with van der Waals surface area (Å²) in [5.74, 6) is -0.749. The highest BCUT2D eigenvalue weighted by Gasteiger charge is 2.36. The number of hydrogen-bond acceptors (Lipinski definition) is 9. The first-order chi connectivity index (χ1) is 21.8. The third kappa shape index (κ3) is 8.56. The number of imide groups is 1. The molecular formula is C32H31ClN4O7S. The number of nitrogens with one attached hydrogen (secondary N) is 2. The summed E-state index contributed by atoms with van der Waals surface area (Å²) in [7, 11) is 0. The van der Waals surface area contributed by atoms with Gasteiger partial charge in [0.1, 0.15) is 6.54 Å². The van der Waals surface area contributed by atoms with Gasteiger partial charge in [-0.3, -0.25) is 24.1 Å². The van der Waals surface area contributed by atoms with Crippen molar-refractivity contribution in [3.63, 3.8) is 0 Å². The Hall–Kier alpha value is -4.52. The van der Waals surface area contributed by atoms with Crippen molar-refractivity contribution in [3.05, 3.63) is 82.2 Å². The Labute approximate surface area is 269 Å². The maximum atomic E-state index is 13.1. The lowest BCUT2D eigenvalue weighted by atomic mass is 10.2. The third-order valence-corrected chi connectivity index (χ3v) is 7.88. The SMILES string of the molecule is CCOc1cc(/C=C2/SC(=O)N(CC(=O)Nc3ccc(N4CCOCC4)cc3)C2=O)ccc1OCC(=O)Nc1cccc(Cl)c1. The number of nitrogens with zero attached hydrogens (tertiary/aromatic N) is 2. The van der Waals surface area contributed by atoms with E-state index in [0.29, 0.717) is 53.3 Å². The van der Waals surface area contributed by atoms with Crippen molar-refractivity contribution < 1.29 is 33.4 Å². The smallest absolute Gasteiger partial charge is 0.294 e. The summed E-state index contributed by atoms with van der Waals surface area (Å²) in [6.45, 7) is 4.38. The van der Waals surface area contributed by atoms with Crippen molar-refractivity contribution in [2.24, 2.45) is 0 Å². The first-order valence-electron chi connectivity index (χ1n) is 14.2. The molecule has 3 aromatic rings. The van der Waals surface area contributed by atoms with Crippen LogP contribution in [0.4, 0.5) is 21.9 Å². The van der Waals surface area contributed by atoms with Gasteiger partial charge in [0, 0.05) is 35.2 Å². The number of morpholine rings is 1. The van der Waals surface area contributed by atoms with Crippen LogP contribution in [0.15, 0.2) is 71.6 Å². The molecule has 5 rings (SSSR count). The summed E-state index contributed by atoms with van der Waals surface area (Å²) in [5, 5.41) is 5.41. The third-order valence-electron chi connectivity index (χ3n) is 6.74. The number of carbonyl (C=O) groups is 4. The molecule has 0 bridgehead atoms. The van der Waals surface area contributed by atoms with Crippen molar-refractivity contribution in [1.82, 2.24) is 4.90 Å². The van der Waals surface area contributed by atoms with Gasteiger partial charge in [-0.2, -0.15) is 0 Å². The lowest BCUT2D eigenvalue weighted by Crippen LogP contribution is -2.36. The second-order valence-electron chi connectivity index (χ2n) is 9.95. The van der Waals surface area contributed by atoms with Crippen LogP contribution in [-0.4, -0.2) is 73.9 Å². The molecule has 11 nitrogen and oxygen atoms in total. The van der Waals surface area contributed by atoms with E-state index in [1.807, 2.05) is 12.1 Å². The van der Waals surface area contributed by atoms with Gasteiger partial charge in [-0.15, -0.1) is 0 Å². The van der Waals surface area contributed by atoms with Crippen LogP contribution in [0, 0.1) is 0 Å². The van der Waals surface area contributed by atoms with Crippen LogP contribution >= 0.6 is 23.4 Å². The summed E-state index contributed by atoms with van der Waals surface area (Å²) in [6.07, 6.45) is 1.55. The zero-order valence-electron chi connectivity index (χ0n) is 24.4. The van der Waals surface area contributed by atoms with Crippen LogP contribution in [0.2, 0.25) is 5.02 Å². The number of anilines is 3. The summed E-state index contributed by atoms with van der Waals surface area (Å²) in [5.41, 5.74) is 2.71. The predicted molar refractivity (Wildman–Crippen MR) is 174 cm³/mol. The molecule has 0 unspecified atom stereocenters. The summed E-state index contributed by atoms with van der Waals surface area (Å²) >= 11 is 6.72. The monoisotopic (exact) mass is 650 g/mol. The van der Waals surface area contributed by atoms with E-state index in [-0.39, 0.29) is 17.4 Å². The van der Waals surface area contributed by atoms with Gasteiger partial charge in [0.15, 0.2) is 18.1 Å². The highest BCUT2D eigenvalue weighted by molar-refractivity contribution is 8.18. The molecule has 0 spiro atoms. The van der Waals surface area contributed by atoms with Crippen LogP contribution in [0.5, 0.6) is 11.5 Å². The van der Waals surface area contributed by atoms with Gasteiger partial charge in [-0.05, 0) is 84.9 Å². The molecule has 0 aromatic heterocycles. The van der Waals surface area contributed by atoms with E-state index in [4.69, 9.17) is 25.8 Å². The normalized spacial score (nSPS) is 15.7. The number of rotatable bonds is 11. The molecule has 2 saturated heterocycles. The maximum absolute atomic E-state index is 13.1. The van der Waals surface area contributed by atoms with E-state index in [1.54, 1.807) is 67.6 Å². The molecule has 2 N–H and O–H groups in total. The van der Waals surface area contributed by atoms with E-state index in [9.17, 15) is 19.2 Å². The number of amides is 4. The van der Waals surface area contributed by atoms with Crippen LogP contribution < -0.4 is 25.0 Å². The van der Waals surface area contributed by atoms with Crippen molar-refractivity contribution in [3.8, 4) is 11.5 Å². The van der Waals surface area contributed by atoms with Crippen molar-refractivity contribution in [2.45, 2.75) is 6.92 Å². The van der Waals surface area contributed by atoms with Gasteiger partial charge < -0.3 is 29.7 Å². The number of thioether (sulfide) groups is 1. The Balaban J connectivity index is 1.18. The van der Waals surface area contributed by atoms with E-state index in [1.165, 1.54) is 0 Å². The fourth-order valence-electron chi connectivity index (χ4n) is 4.62. The van der Waals surface area contributed by atoms with E-state index >= 15 is 0 Å². The molecule has 0 radical (unpaired) electrons. The average molecular weight is 651 g/mol. The molecule has 3 aromatic carbocycles. The van der Waals surface area contributed by atoms with Crippen LogP contribution in [0.25, 0.3) is 6.08 Å². The number of carbonyl (C=O) groups excluding carboxylic acids is 4. The molecule has 2 heterocycles. The lowest BCUT2D eigenvalue weighted by molar-refractivity contribution is -0.127. The highest BCUT2D eigenvalue weighted by Crippen LogP contribution is 2.35. The number of benzene rings is 3. The zero-order chi connectivity index (χ0) is 31.8. The minimum atomic E-state index is -0.571. The molecular weight excluding hydrogens is 620 g/mol. The maximum Gasteiger partial charge on any atom is 0.294 e. The predicted octanol–water partition coefficient (Wildman–Crippen LogP) is 5.27. The average Bonchev–Trinajstić information content (AvgIpc) is 3.28. The fourth-order valence-corrected chi connectivity index (χ4v) is 5.65. The Kier molecular flexibility index (Phi) is 10.6. The lowest BCUT2D eigenvalue weighted by Gasteiger charge is -2.28. The Morgan fingerprint density at radius 3 is 2.42 bits per heavy atom. The van der Waals surface area contributed by atoms with Crippen molar-refractivity contribution in [1.29, 1.82) is 0 Å². The van der Waals surface area contributed by atoms with Crippen LogP contribution in [0.1, 0.15) is 12.5 Å². The minimum Gasteiger partial charge on any atom is -0.490 e. The van der Waals surface area contributed by atoms with Gasteiger partial charge >= 0.3 is 0 Å². The Morgan fingerprint density at radius 2 is 1.69 bits per heavy atom. The molecule has 0 saturated carbocycles. The Bertz CT molecular complexity index is 1610.